The number of aromatic nitrogens is 5. The highest BCUT2D eigenvalue weighted by Gasteiger charge is 2.32. The maximum Gasteiger partial charge on any atom is 0.155 e. The first-order chi connectivity index (χ1) is 14.0. The maximum absolute atomic E-state index is 4.75. The van der Waals surface area contributed by atoms with Crippen LogP contribution in [-0.4, -0.2) is 47.4 Å². The molecule has 0 aromatic carbocycles. The molecule has 0 saturated heterocycles. The lowest BCUT2D eigenvalue weighted by Gasteiger charge is -2.47. The number of nitrogens with zero attached hydrogens (tertiary/aromatic N) is 5. The minimum atomic E-state index is -0.570. The van der Waals surface area contributed by atoms with Gasteiger partial charge in [-0.3, -0.25) is 4.68 Å². The molecule has 0 N–H and O–H groups in total. The minimum Gasteiger partial charge on any atom is -0.269 e. The van der Waals surface area contributed by atoms with E-state index in [1.165, 1.54) is 31.4 Å². The molecule has 30 heavy (non-hydrogen) atoms. The summed E-state index contributed by atoms with van der Waals surface area (Å²) in [6.45, 7) is 9.31. The van der Waals surface area contributed by atoms with E-state index in [0.29, 0.717) is 10.8 Å². The minimum absolute atomic E-state index is 0.431. The lowest BCUT2D eigenvalue weighted by molar-refractivity contribution is 0.276. The predicted octanol–water partition coefficient (Wildman–Crippen LogP) is 6.10. The first-order valence-corrected chi connectivity index (χ1v) is 14.5. The van der Waals surface area contributed by atoms with Crippen molar-refractivity contribution in [2.24, 2.45) is 5.92 Å². The van der Waals surface area contributed by atoms with Gasteiger partial charge in [0.15, 0.2) is 5.65 Å². The second kappa shape index (κ2) is 8.11. The quantitative estimate of drug-likeness (QED) is 0.377. The van der Waals surface area contributed by atoms with Crippen molar-refractivity contribution in [1.82, 2.24) is 24.4 Å². The molecule has 3 heterocycles. The number of aryl methyl sites for hydroxylation is 1. The zero-order valence-electron chi connectivity index (χ0n) is 19.0. The Bertz CT molecular complexity index is 1040. The summed E-state index contributed by atoms with van der Waals surface area (Å²) >= 11 is 2.27. The standard InChI is InChI=1S/C23H34IN5S/c1-16-20(11-22-25-13-21(24)29(22)27-16)18-12-26-28(14-18)19-9-7-17(8-10-19)15-30(5,6)23(2,3)4/h11-14,17,19H,7-10,15H2,1-6H3/t17-,19-. The number of hydrogen-bond donors (Lipinski definition) is 0. The molecule has 3 aromatic rings. The first-order valence-electron chi connectivity index (χ1n) is 10.8. The van der Waals surface area contributed by atoms with E-state index in [4.69, 9.17) is 10.2 Å². The Morgan fingerprint density at radius 3 is 2.50 bits per heavy atom. The Morgan fingerprint density at radius 1 is 1.13 bits per heavy atom. The largest absolute Gasteiger partial charge is 0.269 e. The van der Waals surface area contributed by atoms with E-state index in [2.05, 4.69) is 84.7 Å². The Hall–Kier alpha value is -1.09. The van der Waals surface area contributed by atoms with Crippen LogP contribution in [0.25, 0.3) is 16.8 Å². The molecule has 1 aliphatic rings. The second-order valence-corrected chi connectivity index (χ2v) is 15.9. The van der Waals surface area contributed by atoms with Crippen LogP contribution in [0.15, 0.2) is 24.7 Å². The van der Waals surface area contributed by atoms with Crippen molar-refractivity contribution in [1.29, 1.82) is 0 Å². The van der Waals surface area contributed by atoms with Crippen molar-refractivity contribution in [3.8, 4) is 11.1 Å². The van der Waals surface area contributed by atoms with Gasteiger partial charge in [-0.1, -0.05) is 20.8 Å². The highest BCUT2D eigenvalue weighted by molar-refractivity contribution is 14.1. The molecule has 0 radical (unpaired) electrons. The fourth-order valence-electron chi connectivity index (χ4n) is 4.36. The molecule has 0 amide bonds. The van der Waals surface area contributed by atoms with Crippen molar-refractivity contribution < 1.29 is 0 Å². The second-order valence-electron chi connectivity index (χ2n) is 10.2. The molecule has 0 atom stereocenters. The number of rotatable bonds is 4. The molecule has 164 valence electrons. The van der Waals surface area contributed by atoms with Gasteiger partial charge in [0.25, 0.3) is 0 Å². The molecule has 1 saturated carbocycles. The molecule has 0 spiro atoms. The van der Waals surface area contributed by atoms with Crippen LogP contribution in [0.4, 0.5) is 0 Å². The summed E-state index contributed by atoms with van der Waals surface area (Å²) in [6.07, 6.45) is 16.2. The molecule has 4 rings (SSSR count). The molecular formula is C23H34IN5S. The fourth-order valence-corrected chi connectivity index (χ4v) is 6.86. The van der Waals surface area contributed by atoms with Gasteiger partial charge < -0.3 is 0 Å². The lowest BCUT2D eigenvalue weighted by Crippen LogP contribution is -2.30. The maximum atomic E-state index is 4.75. The van der Waals surface area contributed by atoms with Crippen molar-refractivity contribution in [3.63, 3.8) is 0 Å². The van der Waals surface area contributed by atoms with Crippen LogP contribution >= 0.6 is 32.6 Å². The van der Waals surface area contributed by atoms with Crippen LogP contribution in [0, 0.1) is 16.5 Å². The van der Waals surface area contributed by atoms with Crippen LogP contribution in [0.3, 0.4) is 0 Å². The summed E-state index contributed by atoms with van der Waals surface area (Å²) in [6, 6.07) is 2.65. The smallest absolute Gasteiger partial charge is 0.155 e. The molecule has 7 heteroatoms. The third kappa shape index (κ3) is 4.29. The van der Waals surface area contributed by atoms with Crippen molar-refractivity contribution in [2.45, 2.75) is 64.2 Å². The number of imidazole rings is 1. The van der Waals surface area contributed by atoms with E-state index in [1.807, 2.05) is 16.9 Å². The van der Waals surface area contributed by atoms with Gasteiger partial charge in [-0.05, 0) is 90.2 Å². The Morgan fingerprint density at radius 2 is 1.83 bits per heavy atom. The number of hydrogen-bond acceptors (Lipinski definition) is 3. The van der Waals surface area contributed by atoms with E-state index in [9.17, 15) is 0 Å². The van der Waals surface area contributed by atoms with Gasteiger partial charge in [-0.25, -0.2) is 19.5 Å². The third-order valence-corrected chi connectivity index (χ3v) is 12.4. The van der Waals surface area contributed by atoms with Gasteiger partial charge in [0.05, 0.1) is 24.1 Å². The van der Waals surface area contributed by atoms with Gasteiger partial charge in [-0.15, -0.1) is 0 Å². The number of halogens is 1. The average molecular weight is 540 g/mol. The summed E-state index contributed by atoms with van der Waals surface area (Å²) in [7, 11) is -0.570. The van der Waals surface area contributed by atoms with Gasteiger partial charge >= 0.3 is 0 Å². The Balaban J connectivity index is 1.45. The van der Waals surface area contributed by atoms with Crippen LogP contribution in [0.2, 0.25) is 0 Å². The summed E-state index contributed by atoms with van der Waals surface area (Å²) < 4.78 is 5.56. The van der Waals surface area contributed by atoms with E-state index < -0.39 is 10.0 Å². The zero-order valence-corrected chi connectivity index (χ0v) is 22.0. The van der Waals surface area contributed by atoms with E-state index in [0.717, 1.165) is 32.1 Å². The molecule has 0 bridgehead atoms. The summed E-state index contributed by atoms with van der Waals surface area (Å²) in [5, 5.41) is 9.46. The molecule has 0 unspecified atom stereocenters. The van der Waals surface area contributed by atoms with Crippen molar-refractivity contribution in [3.05, 3.63) is 34.1 Å². The molecule has 3 aromatic heterocycles. The van der Waals surface area contributed by atoms with Crippen LogP contribution < -0.4 is 0 Å². The Kier molecular flexibility index (Phi) is 5.98. The fraction of sp³-hybridized carbons (Fsp3) is 0.609. The highest BCUT2D eigenvalue weighted by Crippen LogP contribution is 2.55. The van der Waals surface area contributed by atoms with E-state index in [-0.39, 0.29) is 0 Å². The average Bonchev–Trinajstić information content (AvgIpc) is 3.28. The first kappa shape index (κ1) is 22.1. The van der Waals surface area contributed by atoms with Crippen molar-refractivity contribution in [2.75, 3.05) is 18.3 Å². The zero-order chi connectivity index (χ0) is 21.7. The Labute approximate surface area is 195 Å². The van der Waals surface area contributed by atoms with Crippen LogP contribution in [0.1, 0.15) is 58.2 Å². The lowest BCUT2D eigenvalue weighted by atomic mass is 9.87. The van der Waals surface area contributed by atoms with Crippen molar-refractivity contribution >= 4 is 38.3 Å². The summed E-state index contributed by atoms with van der Waals surface area (Å²) in [4.78, 5) is 4.46. The highest BCUT2D eigenvalue weighted by atomic mass is 127. The van der Waals surface area contributed by atoms with Crippen LogP contribution in [0.5, 0.6) is 0 Å². The van der Waals surface area contributed by atoms with Crippen LogP contribution in [-0.2, 0) is 0 Å². The van der Waals surface area contributed by atoms with Gasteiger partial charge in [0.1, 0.15) is 3.70 Å². The molecular weight excluding hydrogens is 505 g/mol. The topological polar surface area (TPSA) is 48.0 Å². The van der Waals surface area contributed by atoms with Gasteiger partial charge in [-0.2, -0.15) is 10.2 Å². The van der Waals surface area contributed by atoms with E-state index >= 15 is 0 Å². The molecule has 0 aliphatic heterocycles. The van der Waals surface area contributed by atoms with Gasteiger partial charge in [0.2, 0.25) is 0 Å². The molecule has 1 fully saturated rings. The number of fused-ring (bicyclic) bond motifs is 1. The molecule has 5 nitrogen and oxygen atoms in total. The monoisotopic (exact) mass is 539 g/mol. The van der Waals surface area contributed by atoms with E-state index in [1.54, 1.807) is 0 Å². The third-order valence-electron chi connectivity index (χ3n) is 7.05. The summed E-state index contributed by atoms with van der Waals surface area (Å²) in [5.41, 5.74) is 4.16. The van der Waals surface area contributed by atoms with Gasteiger partial charge in [0, 0.05) is 17.3 Å². The normalized spacial score (nSPS) is 21.3. The summed E-state index contributed by atoms with van der Waals surface area (Å²) in [5.74, 6) is 2.28. The molecule has 1 aliphatic carbocycles. The predicted molar refractivity (Wildman–Crippen MR) is 137 cm³/mol. The SMILES string of the molecule is Cc1nn2c(I)cnc2cc1-c1cnn([C@H]2CC[C@H](CS(C)(C)C(C)(C)C)CC2)c1.